The molecule has 0 aliphatic carbocycles. The maximum Gasteiger partial charge on any atom is -0.0533 e. The van der Waals surface area contributed by atoms with Crippen molar-refractivity contribution < 1.29 is 0 Å². The van der Waals surface area contributed by atoms with Gasteiger partial charge in [-0.2, -0.15) is 0 Å². The molecule has 0 rings (SSSR count). The van der Waals surface area contributed by atoms with Gasteiger partial charge in [0, 0.05) is 0 Å². The topological polar surface area (TPSA) is 0 Å². The molecule has 0 atom stereocenters. The molecular weight excluding hydrogens is 1250 g/mol. The zero-order valence-electron chi connectivity index (χ0n) is 74.1. The van der Waals surface area contributed by atoms with Gasteiger partial charge in [-0.25, -0.2) is 0 Å². The highest BCUT2D eigenvalue weighted by Crippen LogP contribution is 2.24. The molecule has 0 radical (unpaired) electrons. The summed E-state index contributed by atoms with van der Waals surface area (Å²) in [5.41, 5.74) is 0. The van der Waals surface area contributed by atoms with Crippen LogP contribution in [0.2, 0.25) is 0 Å². The minimum absolute atomic E-state index is 1.37. The SMILES string of the molecule is CCCCCCCCCCCCCCCCCCCCCCCCCCCCCCCCCCCCCCCCCCCCCCCCCCCCCCCCCCCCCCCCCCCCCCCCCCCCCCCCCCCCCCCCCCCCCCCCCCCCCCCC. The van der Waals surface area contributed by atoms with Gasteiger partial charge in [-0.3, -0.25) is 0 Å². The molecular formula is C104H210. The highest BCUT2D eigenvalue weighted by Gasteiger charge is 2.04. The lowest BCUT2D eigenvalue weighted by molar-refractivity contribution is 0.505. The van der Waals surface area contributed by atoms with E-state index in [1.165, 1.54) is 655 Å². The third kappa shape index (κ3) is 102. The summed E-state index contributed by atoms with van der Waals surface area (Å²) in [6.07, 6.45) is 152. The van der Waals surface area contributed by atoms with Gasteiger partial charge >= 0.3 is 0 Å². The van der Waals surface area contributed by atoms with E-state index in [-0.39, 0.29) is 0 Å². The van der Waals surface area contributed by atoms with Crippen LogP contribution >= 0.6 is 0 Å². The van der Waals surface area contributed by atoms with Gasteiger partial charge in [-0.1, -0.05) is 669 Å². The summed E-state index contributed by atoms with van der Waals surface area (Å²) < 4.78 is 0. The largest absolute Gasteiger partial charge is 0.0654 e. The second-order valence-electron chi connectivity index (χ2n) is 36.4. The van der Waals surface area contributed by atoms with E-state index in [1.807, 2.05) is 0 Å². The molecule has 0 saturated carbocycles. The second-order valence-corrected chi connectivity index (χ2v) is 36.4. The molecule has 0 aromatic carbocycles. The van der Waals surface area contributed by atoms with Gasteiger partial charge in [-0.15, -0.1) is 0 Å². The van der Waals surface area contributed by atoms with Crippen molar-refractivity contribution in [3.8, 4) is 0 Å². The molecule has 0 unspecified atom stereocenters. The summed E-state index contributed by atoms with van der Waals surface area (Å²) in [6.45, 7) is 4.64. The Hall–Kier alpha value is 0. The van der Waals surface area contributed by atoms with Crippen LogP contribution in [-0.4, -0.2) is 0 Å². The van der Waals surface area contributed by atoms with Crippen LogP contribution in [-0.2, 0) is 0 Å². The molecule has 0 N–H and O–H groups in total. The highest BCUT2D eigenvalue weighted by atomic mass is 14.1. The highest BCUT2D eigenvalue weighted by molar-refractivity contribution is 4.60. The van der Waals surface area contributed by atoms with Gasteiger partial charge in [0.2, 0.25) is 0 Å². The molecule has 0 nitrogen and oxygen atoms in total. The molecule has 0 aromatic rings. The third-order valence-electron chi connectivity index (χ3n) is 25.5. The van der Waals surface area contributed by atoms with E-state index in [2.05, 4.69) is 13.8 Å². The van der Waals surface area contributed by atoms with Gasteiger partial charge in [-0.05, 0) is 0 Å². The van der Waals surface area contributed by atoms with Crippen molar-refractivity contribution in [2.45, 2.75) is 669 Å². The Labute approximate surface area is 664 Å². The maximum atomic E-state index is 2.32. The number of hydrogen-bond acceptors (Lipinski definition) is 0. The van der Waals surface area contributed by atoms with Crippen LogP contribution < -0.4 is 0 Å². The van der Waals surface area contributed by atoms with Gasteiger partial charge in [0.1, 0.15) is 0 Å². The summed E-state index contributed by atoms with van der Waals surface area (Å²) in [5.74, 6) is 0. The molecule has 0 heterocycles. The standard InChI is InChI=1S/C104H210/c1-3-5-7-9-11-13-15-17-19-21-23-25-27-29-31-33-35-37-39-41-43-45-47-49-51-53-55-57-59-61-63-65-67-69-71-73-75-77-79-81-83-85-87-89-91-93-95-97-99-101-103-104-102-100-98-96-94-92-90-88-86-84-82-80-78-76-74-72-70-68-66-64-62-60-58-56-54-52-50-48-46-44-42-40-38-36-34-32-30-28-26-24-22-20-18-16-14-12-10-8-6-4-2/h3-104H2,1-2H3. The van der Waals surface area contributed by atoms with Gasteiger partial charge < -0.3 is 0 Å². The zero-order valence-corrected chi connectivity index (χ0v) is 74.1. The molecule has 0 saturated heterocycles. The van der Waals surface area contributed by atoms with E-state index < -0.39 is 0 Å². The summed E-state index contributed by atoms with van der Waals surface area (Å²) in [7, 11) is 0. The fourth-order valence-corrected chi connectivity index (χ4v) is 17.8. The van der Waals surface area contributed by atoms with Gasteiger partial charge in [0.05, 0.1) is 0 Å². The molecule has 104 heavy (non-hydrogen) atoms. The van der Waals surface area contributed by atoms with Crippen molar-refractivity contribution in [3.05, 3.63) is 0 Å². The summed E-state index contributed by atoms with van der Waals surface area (Å²) in [4.78, 5) is 0. The summed E-state index contributed by atoms with van der Waals surface area (Å²) in [5, 5.41) is 0. The van der Waals surface area contributed by atoms with Crippen LogP contribution in [0, 0.1) is 0 Å². The minimum Gasteiger partial charge on any atom is -0.0654 e. The molecule has 0 bridgehead atoms. The van der Waals surface area contributed by atoms with E-state index in [1.54, 1.807) is 0 Å². The predicted octanol–water partition coefficient (Wildman–Crippen LogP) is 40.8. The van der Waals surface area contributed by atoms with Crippen LogP contribution in [0.25, 0.3) is 0 Å². The van der Waals surface area contributed by atoms with Crippen LogP contribution in [0.4, 0.5) is 0 Å². The van der Waals surface area contributed by atoms with E-state index in [0.717, 1.165) is 0 Å². The van der Waals surface area contributed by atoms with Gasteiger partial charge in [0.25, 0.3) is 0 Å². The Morgan fingerprint density at radius 3 is 0.106 bits per heavy atom. The van der Waals surface area contributed by atoms with Crippen molar-refractivity contribution in [2.24, 2.45) is 0 Å². The molecule has 0 fully saturated rings. The van der Waals surface area contributed by atoms with E-state index in [4.69, 9.17) is 0 Å². The summed E-state index contributed by atoms with van der Waals surface area (Å²) >= 11 is 0. The number of unbranched alkanes of at least 4 members (excludes halogenated alkanes) is 101. The molecule has 0 aliphatic heterocycles. The van der Waals surface area contributed by atoms with Crippen LogP contribution in [0.1, 0.15) is 669 Å². The molecule has 626 valence electrons. The minimum atomic E-state index is 1.37. The van der Waals surface area contributed by atoms with Crippen LogP contribution in [0.5, 0.6) is 0 Å². The Balaban J connectivity index is 3.09. The smallest absolute Gasteiger partial charge is 0.0533 e. The van der Waals surface area contributed by atoms with E-state index in [9.17, 15) is 0 Å². The average Bonchev–Trinajstić information content (AvgIpc) is 3.68. The Kier molecular flexibility index (Phi) is 103. The Morgan fingerprint density at radius 2 is 0.0769 bits per heavy atom. The molecule has 0 aliphatic rings. The third-order valence-corrected chi connectivity index (χ3v) is 25.5. The van der Waals surface area contributed by atoms with Crippen LogP contribution in [0.15, 0.2) is 0 Å². The first kappa shape index (κ1) is 104. The monoisotopic (exact) mass is 1460 g/mol. The molecule has 0 amide bonds. The zero-order chi connectivity index (χ0) is 74.1. The Morgan fingerprint density at radius 1 is 0.0481 bits per heavy atom. The van der Waals surface area contributed by atoms with Crippen molar-refractivity contribution >= 4 is 0 Å². The lowest BCUT2D eigenvalue weighted by Gasteiger charge is -2.05. The van der Waals surface area contributed by atoms with Crippen LogP contribution in [0.3, 0.4) is 0 Å². The normalized spacial score (nSPS) is 11.8. The first-order chi connectivity index (χ1) is 51.9. The molecule has 0 aromatic heterocycles. The first-order valence-corrected chi connectivity index (χ1v) is 51.9. The fourth-order valence-electron chi connectivity index (χ4n) is 17.8. The number of hydrogen-bond donors (Lipinski definition) is 0. The van der Waals surface area contributed by atoms with Crippen molar-refractivity contribution in [2.75, 3.05) is 0 Å². The lowest BCUT2D eigenvalue weighted by Crippen LogP contribution is -1.85. The molecule has 0 heteroatoms. The second kappa shape index (κ2) is 103. The van der Waals surface area contributed by atoms with E-state index >= 15 is 0 Å². The lowest BCUT2D eigenvalue weighted by atomic mass is 10.0. The Bertz CT molecular complexity index is 1260. The van der Waals surface area contributed by atoms with Crippen molar-refractivity contribution in [1.82, 2.24) is 0 Å². The summed E-state index contributed by atoms with van der Waals surface area (Å²) in [6, 6.07) is 0. The van der Waals surface area contributed by atoms with Gasteiger partial charge in [0.15, 0.2) is 0 Å². The average molecular weight is 1460 g/mol. The number of rotatable bonds is 101. The fraction of sp³-hybridized carbons (Fsp3) is 1.00. The predicted molar refractivity (Wildman–Crippen MR) is 482 cm³/mol. The van der Waals surface area contributed by atoms with E-state index in [0.29, 0.717) is 0 Å². The molecule has 0 spiro atoms. The first-order valence-electron chi connectivity index (χ1n) is 51.9. The quantitative estimate of drug-likeness (QED) is 0.0533. The van der Waals surface area contributed by atoms with Crippen molar-refractivity contribution in [3.63, 3.8) is 0 Å². The maximum absolute atomic E-state index is 2.32. The van der Waals surface area contributed by atoms with Crippen molar-refractivity contribution in [1.29, 1.82) is 0 Å².